The highest BCUT2D eigenvalue weighted by molar-refractivity contribution is 6.15. The first-order chi connectivity index (χ1) is 40.5. The standard InChI is InChI=1S/C74H52F6N4/c1-71(2,83-61-39-17-9-31-53(61)54-32-10-18-40-62(54)83)67-65(45-23-21-25-47(43-45)73(75,76)77)69(81-57-35-13-5-27-49(57)50-28-6-14-36-58(50)81)68(72(3,4)84-63-41-19-11-33-55(63)56-34-12-20-42-64(56)84)70(66(67)46-24-22-26-48(44-46)74(78,79)80)82-59-37-15-7-29-51(59)52-30-8-16-38-60(52)82/h5-44H,1-4H3. The highest BCUT2D eigenvalue weighted by Gasteiger charge is 2.45. The van der Waals surface area contributed by atoms with Crippen LogP contribution < -0.4 is 0 Å². The summed E-state index contributed by atoms with van der Waals surface area (Å²) in [6.07, 6.45) is -9.58. The normalized spacial score (nSPS) is 12.9. The topological polar surface area (TPSA) is 19.7 Å². The second-order valence-electron chi connectivity index (χ2n) is 23.0. The Bertz CT molecular complexity index is 4780. The van der Waals surface area contributed by atoms with Gasteiger partial charge in [-0.25, -0.2) is 0 Å². The Hall–Kier alpha value is -9.80. The van der Waals surface area contributed by atoms with Gasteiger partial charge in [-0.3, -0.25) is 0 Å². The third-order valence-electron chi connectivity index (χ3n) is 17.5. The predicted molar refractivity (Wildman–Crippen MR) is 332 cm³/mol. The van der Waals surface area contributed by atoms with Crippen molar-refractivity contribution in [1.29, 1.82) is 0 Å². The third-order valence-corrected chi connectivity index (χ3v) is 17.5. The molecule has 0 aliphatic heterocycles. The average Bonchev–Trinajstić information content (AvgIpc) is 1.73. The molecule has 4 heterocycles. The van der Waals surface area contributed by atoms with Gasteiger partial charge in [0.05, 0.1) is 55.6 Å². The molecule has 4 nitrogen and oxygen atoms in total. The number of rotatable bonds is 8. The van der Waals surface area contributed by atoms with Gasteiger partial charge in [-0.15, -0.1) is 0 Å². The second kappa shape index (κ2) is 18.4. The number of aromatic nitrogens is 4. The fraction of sp³-hybridized carbons (Fsp3) is 0.108. The maximum absolute atomic E-state index is 15.9. The molecule has 410 valence electrons. The first-order valence-corrected chi connectivity index (χ1v) is 28.1. The molecular formula is C74H52F6N4. The first-order valence-electron chi connectivity index (χ1n) is 28.1. The Morgan fingerprint density at radius 3 is 0.774 bits per heavy atom. The highest BCUT2D eigenvalue weighted by atomic mass is 19.4. The van der Waals surface area contributed by atoms with Crippen LogP contribution in [0.5, 0.6) is 0 Å². The Labute approximate surface area is 479 Å². The van der Waals surface area contributed by atoms with Crippen LogP contribution in [0.25, 0.3) is 121 Å². The fourth-order valence-electron chi connectivity index (χ4n) is 14.2. The summed E-state index contributed by atoms with van der Waals surface area (Å²) in [5.41, 5.74) is 5.81. The number of halogens is 6. The van der Waals surface area contributed by atoms with E-state index in [0.717, 1.165) is 99.4 Å². The average molecular weight is 1110 g/mol. The van der Waals surface area contributed by atoms with E-state index < -0.39 is 34.6 Å². The predicted octanol–water partition coefficient (Wildman–Crippen LogP) is 21.0. The molecule has 15 rings (SSSR count). The summed E-state index contributed by atoms with van der Waals surface area (Å²) in [5, 5.41) is 7.49. The van der Waals surface area contributed by atoms with Gasteiger partial charge in [0.2, 0.25) is 0 Å². The van der Waals surface area contributed by atoms with Gasteiger partial charge in [0.1, 0.15) is 0 Å². The molecule has 4 aromatic heterocycles. The van der Waals surface area contributed by atoms with Crippen LogP contribution in [-0.4, -0.2) is 18.3 Å². The van der Waals surface area contributed by atoms with Gasteiger partial charge >= 0.3 is 12.4 Å². The molecule has 0 N–H and O–H groups in total. The van der Waals surface area contributed by atoms with Crippen molar-refractivity contribution in [3.05, 3.63) is 265 Å². The number of para-hydroxylation sites is 8. The lowest BCUT2D eigenvalue weighted by atomic mass is 9.74. The van der Waals surface area contributed by atoms with Crippen molar-refractivity contribution in [3.63, 3.8) is 0 Å². The molecule has 84 heavy (non-hydrogen) atoms. The van der Waals surface area contributed by atoms with E-state index in [0.29, 0.717) is 33.6 Å². The quantitative estimate of drug-likeness (QED) is 0.135. The maximum atomic E-state index is 15.9. The molecule has 0 bridgehead atoms. The molecule has 0 fully saturated rings. The van der Waals surface area contributed by atoms with E-state index in [-0.39, 0.29) is 11.1 Å². The van der Waals surface area contributed by atoms with Crippen LogP contribution in [0.3, 0.4) is 0 Å². The fourth-order valence-corrected chi connectivity index (χ4v) is 14.2. The smallest absolute Gasteiger partial charge is 0.331 e. The van der Waals surface area contributed by atoms with Crippen LogP contribution in [-0.2, 0) is 23.4 Å². The molecule has 0 unspecified atom stereocenters. The van der Waals surface area contributed by atoms with Crippen molar-refractivity contribution in [2.75, 3.05) is 0 Å². The number of nitrogens with zero attached hydrogens (tertiary/aromatic N) is 4. The minimum atomic E-state index is -4.79. The number of alkyl halides is 6. The van der Waals surface area contributed by atoms with E-state index in [4.69, 9.17) is 0 Å². The van der Waals surface area contributed by atoms with E-state index in [1.807, 2.05) is 109 Å². The molecule has 0 amide bonds. The summed E-state index contributed by atoms with van der Waals surface area (Å²) in [4.78, 5) is 0. The van der Waals surface area contributed by atoms with Crippen molar-refractivity contribution in [3.8, 4) is 33.6 Å². The molecule has 0 saturated heterocycles. The molecule has 10 heteroatoms. The zero-order valence-electron chi connectivity index (χ0n) is 46.2. The van der Waals surface area contributed by atoms with Gasteiger partial charge in [0.15, 0.2) is 0 Å². The van der Waals surface area contributed by atoms with Gasteiger partial charge in [0, 0.05) is 81.8 Å². The summed E-state index contributed by atoms with van der Waals surface area (Å²) in [5.74, 6) is 0. The lowest BCUT2D eigenvalue weighted by Gasteiger charge is -2.42. The van der Waals surface area contributed by atoms with E-state index in [1.165, 1.54) is 24.3 Å². The molecule has 0 aliphatic carbocycles. The number of benzene rings is 11. The molecule has 0 saturated carbocycles. The molecule has 0 spiro atoms. The third kappa shape index (κ3) is 7.41. The van der Waals surface area contributed by atoms with Gasteiger partial charge < -0.3 is 18.3 Å². The summed E-state index contributed by atoms with van der Waals surface area (Å²) in [6, 6.07) is 76.0. The number of fused-ring (bicyclic) bond motifs is 12. The minimum absolute atomic E-state index is 0.229. The Morgan fingerprint density at radius 2 is 0.500 bits per heavy atom. The monoisotopic (exact) mass is 1110 g/mol. The van der Waals surface area contributed by atoms with Crippen molar-refractivity contribution >= 4 is 87.2 Å². The van der Waals surface area contributed by atoms with Crippen molar-refractivity contribution in [1.82, 2.24) is 18.3 Å². The molecule has 0 radical (unpaired) electrons. The van der Waals surface area contributed by atoms with Crippen LogP contribution >= 0.6 is 0 Å². The van der Waals surface area contributed by atoms with Gasteiger partial charge in [-0.1, -0.05) is 170 Å². The van der Waals surface area contributed by atoms with E-state index in [1.54, 1.807) is 12.1 Å². The van der Waals surface area contributed by atoms with E-state index >= 15 is 26.3 Å². The van der Waals surface area contributed by atoms with Crippen molar-refractivity contribution < 1.29 is 26.3 Å². The Balaban J connectivity index is 1.32. The summed E-state index contributed by atoms with van der Waals surface area (Å²) >= 11 is 0. The lowest BCUT2D eigenvalue weighted by molar-refractivity contribution is -0.138. The summed E-state index contributed by atoms with van der Waals surface area (Å²) in [7, 11) is 0. The summed E-state index contributed by atoms with van der Waals surface area (Å²) in [6.45, 7) is 8.44. The van der Waals surface area contributed by atoms with E-state index in [2.05, 4.69) is 131 Å². The number of hydrogen-bond donors (Lipinski definition) is 0. The molecule has 0 atom stereocenters. The number of hydrogen-bond acceptors (Lipinski definition) is 0. The van der Waals surface area contributed by atoms with Crippen LogP contribution in [0.4, 0.5) is 26.3 Å². The first kappa shape index (κ1) is 51.1. The largest absolute Gasteiger partial charge is 0.416 e. The van der Waals surface area contributed by atoms with Gasteiger partial charge in [0.25, 0.3) is 0 Å². The van der Waals surface area contributed by atoms with Crippen LogP contribution in [0.2, 0.25) is 0 Å². The van der Waals surface area contributed by atoms with Crippen molar-refractivity contribution in [2.24, 2.45) is 0 Å². The Kier molecular flexibility index (Phi) is 11.2. The van der Waals surface area contributed by atoms with Crippen LogP contribution in [0.1, 0.15) is 49.9 Å². The molecule has 0 aliphatic rings. The summed E-state index contributed by atoms with van der Waals surface area (Å²) < 4.78 is 104. The molecule has 11 aromatic carbocycles. The molecular weight excluding hydrogens is 1060 g/mol. The Morgan fingerprint density at radius 1 is 0.262 bits per heavy atom. The van der Waals surface area contributed by atoms with Crippen LogP contribution in [0, 0.1) is 0 Å². The second-order valence-corrected chi connectivity index (χ2v) is 23.0. The minimum Gasteiger partial charge on any atom is -0.331 e. The maximum Gasteiger partial charge on any atom is 0.416 e. The molecule has 15 aromatic rings. The van der Waals surface area contributed by atoms with Crippen LogP contribution in [0.15, 0.2) is 243 Å². The lowest BCUT2D eigenvalue weighted by Crippen LogP contribution is -2.35. The highest BCUT2D eigenvalue weighted by Crippen LogP contribution is 2.57. The SMILES string of the molecule is CC(C)(c1c(-c2cccc(C(F)(F)F)c2)c(-n2c3ccccc3c3ccccc32)c(C(C)(C)n2c3ccccc3c3ccccc32)c(-n2c3ccccc3c3ccccc32)c1-c1cccc(C(F)(F)F)c1)n1c2ccccc2c2ccccc21. The zero-order valence-corrected chi connectivity index (χ0v) is 46.2. The van der Waals surface area contributed by atoms with E-state index in [9.17, 15) is 0 Å². The zero-order chi connectivity index (χ0) is 57.6. The van der Waals surface area contributed by atoms with Crippen molar-refractivity contribution in [2.45, 2.75) is 51.1 Å². The van der Waals surface area contributed by atoms with Gasteiger partial charge in [-0.05, 0) is 117 Å². The van der Waals surface area contributed by atoms with Gasteiger partial charge in [-0.2, -0.15) is 26.3 Å².